The van der Waals surface area contributed by atoms with E-state index in [-0.39, 0.29) is 10.8 Å². The predicted molar refractivity (Wildman–Crippen MR) is 63.8 cm³/mol. The maximum atomic E-state index is 11.2. The first-order valence-corrected chi connectivity index (χ1v) is 5.43. The summed E-state index contributed by atoms with van der Waals surface area (Å²) < 4.78 is 1.32. The quantitative estimate of drug-likeness (QED) is 0.786. The van der Waals surface area contributed by atoms with Gasteiger partial charge in [0.05, 0.1) is 10.7 Å². The van der Waals surface area contributed by atoms with Crippen LogP contribution in [0.4, 0.5) is 0 Å². The van der Waals surface area contributed by atoms with E-state index < -0.39 is 5.24 Å². The zero-order valence-electron chi connectivity index (χ0n) is 7.82. The van der Waals surface area contributed by atoms with Crippen molar-refractivity contribution < 1.29 is 4.79 Å². The second-order valence-corrected chi connectivity index (χ2v) is 4.13. The average Bonchev–Trinajstić information content (AvgIpc) is 2.61. The van der Waals surface area contributed by atoms with E-state index in [1.54, 1.807) is 24.3 Å². The van der Waals surface area contributed by atoms with Crippen molar-refractivity contribution in [3.8, 4) is 5.69 Å². The lowest BCUT2D eigenvalue weighted by Gasteiger charge is -2.05. The minimum absolute atomic E-state index is 0.180. The van der Waals surface area contributed by atoms with Gasteiger partial charge in [0.1, 0.15) is 5.69 Å². The van der Waals surface area contributed by atoms with E-state index in [9.17, 15) is 4.79 Å². The standard InChI is InChI=1S/C10H5Cl3N2O/c11-6-3-1-2-4-7(6)15-8(10(13)16)5-9(12)14-15/h1-5H. The Hall–Kier alpha value is -1.03. The third-order valence-electron chi connectivity index (χ3n) is 1.96. The van der Waals surface area contributed by atoms with Crippen LogP contribution in [0.5, 0.6) is 0 Å². The molecule has 6 heteroatoms. The number of nitrogens with zero attached hydrogens (tertiary/aromatic N) is 2. The van der Waals surface area contributed by atoms with Gasteiger partial charge in [0.25, 0.3) is 5.24 Å². The average molecular weight is 276 g/mol. The van der Waals surface area contributed by atoms with E-state index in [2.05, 4.69) is 5.10 Å². The maximum absolute atomic E-state index is 11.2. The lowest BCUT2D eigenvalue weighted by molar-refractivity contribution is 0.107. The van der Waals surface area contributed by atoms with Crippen molar-refractivity contribution >= 4 is 40.0 Å². The fourth-order valence-electron chi connectivity index (χ4n) is 1.30. The second kappa shape index (κ2) is 4.45. The number of hydrogen-bond donors (Lipinski definition) is 0. The van der Waals surface area contributed by atoms with Crippen molar-refractivity contribution in [3.63, 3.8) is 0 Å². The summed E-state index contributed by atoms with van der Waals surface area (Å²) in [6.45, 7) is 0. The number of hydrogen-bond acceptors (Lipinski definition) is 2. The molecule has 82 valence electrons. The topological polar surface area (TPSA) is 34.9 Å². The fourth-order valence-corrected chi connectivity index (χ4v) is 1.83. The molecule has 0 aliphatic rings. The Labute approximate surface area is 107 Å². The van der Waals surface area contributed by atoms with Crippen LogP contribution < -0.4 is 0 Å². The zero-order chi connectivity index (χ0) is 11.7. The lowest BCUT2D eigenvalue weighted by Crippen LogP contribution is -2.04. The molecule has 0 radical (unpaired) electrons. The summed E-state index contributed by atoms with van der Waals surface area (Å²) in [5.74, 6) is 0. The Morgan fingerprint density at radius 3 is 2.56 bits per heavy atom. The lowest BCUT2D eigenvalue weighted by atomic mass is 10.3. The molecule has 0 bridgehead atoms. The van der Waals surface area contributed by atoms with Crippen molar-refractivity contribution in [2.45, 2.75) is 0 Å². The number of halogens is 3. The summed E-state index contributed by atoms with van der Waals surface area (Å²) >= 11 is 17.1. The summed E-state index contributed by atoms with van der Waals surface area (Å²) in [7, 11) is 0. The summed E-state index contributed by atoms with van der Waals surface area (Å²) in [4.78, 5) is 11.2. The summed E-state index contributed by atoms with van der Waals surface area (Å²) in [6.07, 6.45) is 0. The Morgan fingerprint density at radius 2 is 1.94 bits per heavy atom. The Balaban J connectivity index is 2.64. The van der Waals surface area contributed by atoms with E-state index in [0.29, 0.717) is 10.7 Å². The van der Waals surface area contributed by atoms with Gasteiger partial charge < -0.3 is 0 Å². The Bertz CT molecular complexity index is 551. The zero-order valence-corrected chi connectivity index (χ0v) is 10.1. The highest BCUT2D eigenvalue weighted by Gasteiger charge is 2.15. The number of para-hydroxylation sites is 1. The Kier molecular flexibility index (Phi) is 3.19. The van der Waals surface area contributed by atoms with Gasteiger partial charge in [-0.05, 0) is 23.7 Å². The first-order chi connectivity index (χ1) is 7.59. The van der Waals surface area contributed by atoms with Crippen molar-refractivity contribution in [3.05, 3.63) is 46.2 Å². The predicted octanol–water partition coefficient (Wildman–Crippen LogP) is 3.56. The van der Waals surface area contributed by atoms with E-state index in [4.69, 9.17) is 34.8 Å². The van der Waals surface area contributed by atoms with Gasteiger partial charge >= 0.3 is 0 Å². The van der Waals surface area contributed by atoms with Gasteiger partial charge in [-0.1, -0.05) is 35.3 Å². The summed E-state index contributed by atoms with van der Waals surface area (Å²) in [5, 5.41) is 3.96. The van der Waals surface area contributed by atoms with Gasteiger partial charge in [-0.2, -0.15) is 5.10 Å². The molecule has 3 nitrogen and oxygen atoms in total. The molecule has 2 aromatic rings. The van der Waals surface area contributed by atoms with Gasteiger partial charge in [-0.25, -0.2) is 4.68 Å². The van der Waals surface area contributed by atoms with Crippen molar-refractivity contribution in [1.29, 1.82) is 0 Å². The number of aromatic nitrogens is 2. The molecule has 2 rings (SSSR count). The van der Waals surface area contributed by atoms with Crippen molar-refractivity contribution in [1.82, 2.24) is 9.78 Å². The van der Waals surface area contributed by atoms with Crippen LogP contribution in [0.25, 0.3) is 5.69 Å². The monoisotopic (exact) mass is 274 g/mol. The number of carbonyl (C=O) groups excluding carboxylic acids is 1. The largest absolute Gasteiger partial charge is 0.274 e. The third kappa shape index (κ3) is 2.07. The van der Waals surface area contributed by atoms with E-state index in [0.717, 1.165) is 0 Å². The molecule has 0 aliphatic heterocycles. The molecule has 0 aliphatic carbocycles. The first-order valence-electron chi connectivity index (χ1n) is 4.30. The summed E-state index contributed by atoms with van der Waals surface area (Å²) in [6, 6.07) is 8.35. The van der Waals surface area contributed by atoms with Gasteiger partial charge in [0.15, 0.2) is 5.15 Å². The first kappa shape index (κ1) is 11.5. The molecule has 0 fully saturated rings. The molecule has 1 aromatic heterocycles. The number of benzene rings is 1. The minimum atomic E-state index is -0.640. The number of rotatable bonds is 2. The molecule has 16 heavy (non-hydrogen) atoms. The van der Waals surface area contributed by atoms with Crippen molar-refractivity contribution in [2.75, 3.05) is 0 Å². The van der Waals surface area contributed by atoms with Gasteiger partial charge in [0.2, 0.25) is 0 Å². The van der Waals surface area contributed by atoms with Gasteiger partial charge in [0, 0.05) is 6.07 Å². The fraction of sp³-hybridized carbons (Fsp3) is 0. The van der Waals surface area contributed by atoms with Gasteiger partial charge in [-0.15, -0.1) is 0 Å². The van der Waals surface area contributed by atoms with Gasteiger partial charge in [-0.3, -0.25) is 4.79 Å². The molecule has 0 atom stereocenters. The minimum Gasteiger partial charge on any atom is -0.274 e. The molecule has 1 heterocycles. The van der Waals surface area contributed by atoms with E-state index >= 15 is 0 Å². The highest BCUT2D eigenvalue weighted by Crippen LogP contribution is 2.23. The number of carbonyl (C=O) groups is 1. The highest BCUT2D eigenvalue weighted by molar-refractivity contribution is 6.67. The molecular formula is C10H5Cl3N2O. The highest BCUT2D eigenvalue weighted by atomic mass is 35.5. The molecule has 0 saturated carbocycles. The van der Waals surface area contributed by atoms with Crippen LogP contribution in [0.15, 0.2) is 30.3 Å². The van der Waals surface area contributed by atoms with Crippen molar-refractivity contribution in [2.24, 2.45) is 0 Å². The summed E-state index contributed by atoms with van der Waals surface area (Å²) in [5.41, 5.74) is 0.736. The molecule has 0 amide bonds. The second-order valence-electron chi connectivity index (χ2n) is 2.99. The molecule has 0 unspecified atom stereocenters. The van der Waals surface area contributed by atoms with Crippen LogP contribution in [0.2, 0.25) is 10.2 Å². The van der Waals surface area contributed by atoms with E-state index in [1.807, 2.05) is 0 Å². The normalized spacial score (nSPS) is 10.4. The van der Waals surface area contributed by atoms with Crippen LogP contribution in [-0.4, -0.2) is 15.0 Å². The maximum Gasteiger partial charge on any atom is 0.271 e. The van der Waals surface area contributed by atoms with E-state index in [1.165, 1.54) is 10.7 Å². The smallest absolute Gasteiger partial charge is 0.271 e. The molecule has 0 saturated heterocycles. The van der Waals surface area contributed by atoms with Crippen LogP contribution in [0.1, 0.15) is 10.5 Å². The molecule has 1 aromatic carbocycles. The van der Waals surface area contributed by atoms with Crippen LogP contribution >= 0.6 is 34.8 Å². The molecular weight excluding hydrogens is 270 g/mol. The molecule has 0 N–H and O–H groups in total. The van der Waals surface area contributed by atoms with Crippen LogP contribution in [0.3, 0.4) is 0 Å². The SMILES string of the molecule is O=C(Cl)c1cc(Cl)nn1-c1ccccc1Cl. The Morgan fingerprint density at radius 1 is 1.25 bits per heavy atom. The molecule has 0 spiro atoms. The van der Waals surface area contributed by atoms with Crippen LogP contribution in [-0.2, 0) is 0 Å². The third-order valence-corrected chi connectivity index (χ3v) is 2.66. The van der Waals surface area contributed by atoms with Crippen LogP contribution in [0, 0.1) is 0 Å².